The standard InChI is InChI=1S/C26H35N2/c1-2-3-4-5-6-13-18-27-19-20-28(23-27)22-26(25-16-11-8-12-17-25)21-24-14-9-7-10-15-24/h7-12,14-17,19-20,23,26H,2-6,13,18,21-22H2,1H3/q+1. The Balaban J connectivity index is 1.58. The van der Waals surface area contributed by atoms with Crippen LogP contribution in [-0.2, 0) is 19.5 Å². The van der Waals surface area contributed by atoms with Gasteiger partial charge in [0.25, 0.3) is 0 Å². The van der Waals surface area contributed by atoms with Gasteiger partial charge >= 0.3 is 0 Å². The zero-order valence-corrected chi connectivity index (χ0v) is 17.3. The van der Waals surface area contributed by atoms with Crippen LogP contribution < -0.4 is 4.57 Å². The Morgan fingerprint density at radius 3 is 2.25 bits per heavy atom. The molecule has 2 nitrogen and oxygen atoms in total. The van der Waals surface area contributed by atoms with Crippen LogP contribution in [0, 0.1) is 0 Å². The number of unbranched alkanes of at least 4 members (excludes halogenated alkanes) is 5. The van der Waals surface area contributed by atoms with Crippen LogP contribution in [0.15, 0.2) is 79.4 Å². The van der Waals surface area contributed by atoms with E-state index in [4.69, 9.17) is 0 Å². The number of imidazole rings is 1. The lowest BCUT2D eigenvalue weighted by Gasteiger charge is -2.15. The van der Waals surface area contributed by atoms with Gasteiger partial charge in [-0.05, 0) is 30.4 Å². The Morgan fingerprint density at radius 1 is 0.821 bits per heavy atom. The molecule has 0 fully saturated rings. The van der Waals surface area contributed by atoms with E-state index in [9.17, 15) is 0 Å². The summed E-state index contributed by atoms with van der Waals surface area (Å²) in [4.78, 5) is 0. The third kappa shape index (κ3) is 6.67. The van der Waals surface area contributed by atoms with Crippen LogP contribution in [0.4, 0.5) is 0 Å². The summed E-state index contributed by atoms with van der Waals surface area (Å²) in [6.07, 6.45) is 15.9. The summed E-state index contributed by atoms with van der Waals surface area (Å²) in [5.41, 5.74) is 2.82. The van der Waals surface area contributed by atoms with E-state index in [1.54, 1.807) is 0 Å². The molecule has 1 atom stereocenters. The number of hydrogen-bond donors (Lipinski definition) is 0. The third-order valence-corrected chi connectivity index (χ3v) is 5.54. The zero-order chi connectivity index (χ0) is 19.4. The first kappa shape index (κ1) is 20.4. The number of nitrogens with zero attached hydrogens (tertiary/aromatic N) is 2. The van der Waals surface area contributed by atoms with Crippen LogP contribution in [0.2, 0.25) is 0 Å². The van der Waals surface area contributed by atoms with Gasteiger partial charge in [0.1, 0.15) is 12.4 Å². The highest BCUT2D eigenvalue weighted by Crippen LogP contribution is 2.21. The molecule has 0 amide bonds. The van der Waals surface area contributed by atoms with Crippen molar-refractivity contribution in [3.05, 3.63) is 90.5 Å². The van der Waals surface area contributed by atoms with E-state index >= 15 is 0 Å². The molecule has 148 valence electrons. The Hall–Kier alpha value is -2.35. The zero-order valence-electron chi connectivity index (χ0n) is 17.3. The highest BCUT2D eigenvalue weighted by Gasteiger charge is 2.16. The third-order valence-electron chi connectivity index (χ3n) is 5.54. The molecule has 28 heavy (non-hydrogen) atoms. The summed E-state index contributed by atoms with van der Waals surface area (Å²) in [6.45, 7) is 4.43. The maximum atomic E-state index is 2.36. The molecule has 2 heteroatoms. The number of benzene rings is 2. The van der Waals surface area contributed by atoms with Gasteiger partial charge in [-0.3, -0.25) is 0 Å². The number of hydrogen-bond acceptors (Lipinski definition) is 0. The molecule has 0 bridgehead atoms. The van der Waals surface area contributed by atoms with E-state index < -0.39 is 0 Å². The highest BCUT2D eigenvalue weighted by molar-refractivity contribution is 5.23. The second-order valence-corrected chi connectivity index (χ2v) is 7.91. The van der Waals surface area contributed by atoms with Crippen molar-refractivity contribution in [1.82, 2.24) is 4.57 Å². The molecule has 0 radical (unpaired) electrons. The van der Waals surface area contributed by atoms with Crippen molar-refractivity contribution in [2.75, 3.05) is 0 Å². The summed E-state index contributed by atoms with van der Waals surface area (Å²) in [5.74, 6) is 0.485. The smallest absolute Gasteiger partial charge is 0.237 e. The highest BCUT2D eigenvalue weighted by atomic mass is 15.1. The second-order valence-electron chi connectivity index (χ2n) is 7.91. The Morgan fingerprint density at radius 2 is 1.50 bits per heavy atom. The summed E-state index contributed by atoms with van der Waals surface area (Å²) in [5, 5.41) is 0. The van der Waals surface area contributed by atoms with Crippen LogP contribution in [0.25, 0.3) is 0 Å². The van der Waals surface area contributed by atoms with Crippen molar-refractivity contribution in [3.63, 3.8) is 0 Å². The number of aryl methyl sites for hydroxylation is 1. The van der Waals surface area contributed by atoms with Crippen molar-refractivity contribution >= 4 is 0 Å². The van der Waals surface area contributed by atoms with Gasteiger partial charge in [0.2, 0.25) is 6.33 Å². The first-order valence-electron chi connectivity index (χ1n) is 11.0. The number of rotatable bonds is 12. The molecule has 0 aliphatic rings. The monoisotopic (exact) mass is 375 g/mol. The molecule has 2 aromatic carbocycles. The fourth-order valence-electron chi connectivity index (χ4n) is 3.92. The largest absolute Gasteiger partial charge is 0.243 e. The summed E-state index contributed by atoms with van der Waals surface area (Å²) in [7, 11) is 0. The summed E-state index contributed by atoms with van der Waals surface area (Å²) < 4.78 is 4.71. The number of aromatic nitrogens is 2. The van der Waals surface area contributed by atoms with Gasteiger partial charge in [-0.2, -0.15) is 0 Å². The van der Waals surface area contributed by atoms with Crippen molar-refractivity contribution < 1.29 is 4.57 Å². The molecule has 0 saturated carbocycles. The molecule has 1 heterocycles. The summed E-state index contributed by atoms with van der Waals surface area (Å²) in [6, 6.07) is 21.8. The molecule has 0 aliphatic carbocycles. The fraction of sp³-hybridized carbons (Fsp3) is 0.423. The lowest BCUT2D eigenvalue weighted by Crippen LogP contribution is -2.35. The average Bonchev–Trinajstić information content (AvgIpc) is 3.19. The minimum absolute atomic E-state index is 0.485. The van der Waals surface area contributed by atoms with Gasteiger partial charge in [0.15, 0.2) is 0 Å². The van der Waals surface area contributed by atoms with Gasteiger partial charge in [-0.25, -0.2) is 9.13 Å². The molecular weight excluding hydrogens is 340 g/mol. The van der Waals surface area contributed by atoms with Crippen molar-refractivity contribution in [3.8, 4) is 0 Å². The van der Waals surface area contributed by atoms with Crippen LogP contribution in [0.3, 0.4) is 0 Å². The second kappa shape index (κ2) is 11.5. The molecule has 3 rings (SSSR count). The Labute approximate surface area is 170 Å². The molecule has 0 N–H and O–H groups in total. The van der Waals surface area contributed by atoms with E-state index in [2.05, 4.69) is 95.4 Å². The first-order valence-corrected chi connectivity index (χ1v) is 11.0. The maximum Gasteiger partial charge on any atom is 0.243 e. The lowest BCUT2D eigenvalue weighted by atomic mass is 9.92. The van der Waals surface area contributed by atoms with E-state index in [1.807, 2.05) is 0 Å². The van der Waals surface area contributed by atoms with Gasteiger partial charge in [-0.1, -0.05) is 93.3 Å². The van der Waals surface area contributed by atoms with Crippen LogP contribution >= 0.6 is 0 Å². The minimum Gasteiger partial charge on any atom is -0.237 e. The van der Waals surface area contributed by atoms with E-state index in [0.29, 0.717) is 5.92 Å². The first-order chi connectivity index (χ1) is 13.8. The fourth-order valence-corrected chi connectivity index (χ4v) is 3.92. The van der Waals surface area contributed by atoms with Gasteiger partial charge in [0, 0.05) is 5.92 Å². The van der Waals surface area contributed by atoms with Gasteiger partial charge < -0.3 is 0 Å². The lowest BCUT2D eigenvalue weighted by molar-refractivity contribution is -0.699. The molecule has 1 unspecified atom stereocenters. The predicted molar refractivity (Wildman–Crippen MR) is 117 cm³/mol. The maximum absolute atomic E-state index is 2.36. The topological polar surface area (TPSA) is 8.81 Å². The quantitative estimate of drug-likeness (QED) is 0.265. The van der Waals surface area contributed by atoms with Crippen LogP contribution in [0.5, 0.6) is 0 Å². The van der Waals surface area contributed by atoms with E-state index in [-0.39, 0.29) is 0 Å². The SMILES string of the molecule is CCCCCCCCn1cc[n+](CC(Cc2ccccc2)c2ccccc2)c1. The average molecular weight is 376 g/mol. The van der Waals surface area contributed by atoms with E-state index in [0.717, 1.165) is 19.5 Å². The minimum atomic E-state index is 0.485. The Kier molecular flexibility index (Phi) is 8.36. The van der Waals surface area contributed by atoms with Crippen LogP contribution in [-0.4, -0.2) is 4.57 Å². The summed E-state index contributed by atoms with van der Waals surface area (Å²) >= 11 is 0. The van der Waals surface area contributed by atoms with Gasteiger partial charge in [-0.15, -0.1) is 0 Å². The normalized spacial score (nSPS) is 12.2. The molecule has 1 aromatic heterocycles. The van der Waals surface area contributed by atoms with Crippen molar-refractivity contribution in [2.45, 2.75) is 70.9 Å². The van der Waals surface area contributed by atoms with E-state index in [1.165, 1.54) is 49.7 Å². The molecule has 0 saturated heterocycles. The molecule has 0 spiro atoms. The van der Waals surface area contributed by atoms with Crippen molar-refractivity contribution in [1.29, 1.82) is 0 Å². The molecule has 3 aromatic rings. The van der Waals surface area contributed by atoms with Crippen LogP contribution in [0.1, 0.15) is 62.5 Å². The van der Waals surface area contributed by atoms with Gasteiger partial charge in [0.05, 0.1) is 13.1 Å². The molecular formula is C26H35N2+. The van der Waals surface area contributed by atoms with Crippen molar-refractivity contribution in [2.24, 2.45) is 0 Å². The molecule has 0 aliphatic heterocycles. The predicted octanol–water partition coefficient (Wildman–Crippen LogP) is 6.16. The Bertz CT molecular complexity index is 776.